The molecule has 0 unspecified atom stereocenters. The molecular formula is C17H15NO. The van der Waals surface area contributed by atoms with Crippen molar-refractivity contribution in [3.8, 4) is 11.1 Å². The number of pyridine rings is 1. The van der Waals surface area contributed by atoms with E-state index >= 15 is 0 Å². The summed E-state index contributed by atoms with van der Waals surface area (Å²) in [6.45, 7) is 0.139. The molecule has 0 amide bonds. The number of aromatic nitrogens is 1. The molecule has 3 aromatic rings. The normalized spacial score (nSPS) is 10.8. The largest absolute Gasteiger partial charge is 0.396 e. The molecule has 19 heavy (non-hydrogen) atoms. The summed E-state index contributed by atoms with van der Waals surface area (Å²) in [6, 6.07) is 18.4. The molecule has 0 fully saturated rings. The number of hydrogen-bond donors (Lipinski definition) is 1. The molecule has 0 bridgehead atoms. The van der Waals surface area contributed by atoms with E-state index in [4.69, 9.17) is 0 Å². The van der Waals surface area contributed by atoms with E-state index in [9.17, 15) is 5.11 Å². The van der Waals surface area contributed by atoms with Gasteiger partial charge < -0.3 is 5.11 Å². The quantitative estimate of drug-likeness (QED) is 0.771. The number of rotatable bonds is 3. The van der Waals surface area contributed by atoms with Crippen molar-refractivity contribution in [2.45, 2.75) is 6.42 Å². The molecule has 0 aliphatic carbocycles. The molecule has 2 nitrogen and oxygen atoms in total. The Kier molecular flexibility index (Phi) is 3.25. The smallest absolute Gasteiger partial charge is 0.0708 e. The second-order valence-electron chi connectivity index (χ2n) is 4.52. The van der Waals surface area contributed by atoms with Crippen molar-refractivity contribution in [3.63, 3.8) is 0 Å². The summed E-state index contributed by atoms with van der Waals surface area (Å²) in [5.41, 5.74) is 4.43. The first-order chi connectivity index (χ1) is 9.40. The van der Waals surface area contributed by atoms with Crippen LogP contribution in [0.4, 0.5) is 0 Å². The third-order valence-corrected chi connectivity index (χ3v) is 3.30. The minimum absolute atomic E-state index is 0.139. The van der Waals surface area contributed by atoms with Gasteiger partial charge in [-0.1, -0.05) is 48.5 Å². The molecule has 0 radical (unpaired) electrons. The van der Waals surface area contributed by atoms with Crippen LogP contribution < -0.4 is 0 Å². The molecule has 0 spiro atoms. The molecule has 1 aromatic heterocycles. The summed E-state index contributed by atoms with van der Waals surface area (Å²) in [5, 5.41) is 10.4. The van der Waals surface area contributed by atoms with E-state index in [2.05, 4.69) is 23.2 Å². The van der Waals surface area contributed by atoms with E-state index in [-0.39, 0.29) is 6.61 Å². The van der Waals surface area contributed by atoms with Gasteiger partial charge in [-0.15, -0.1) is 0 Å². The molecule has 0 saturated heterocycles. The standard InChI is InChI=1S/C17H15NO/c19-11-10-14-12-18-16-9-5-4-8-15(16)17(14)13-6-2-1-3-7-13/h1-9,12,19H,10-11H2. The molecule has 2 heteroatoms. The summed E-state index contributed by atoms with van der Waals surface area (Å²) in [7, 11) is 0. The van der Waals surface area contributed by atoms with Crippen molar-refractivity contribution in [1.29, 1.82) is 0 Å². The van der Waals surface area contributed by atoms with Crippen LogP contribution in [-0.4, -0.2) is 16.7 Å². The highest BCUT2D eigenvalue weighted by atomic mass is 16.2. The van der Waals surface area contributed by atoms with Gasteiger partial charge in [-0.05, 0) is 29.2 Å². The second-order valence-corrected chi connectivity index (χ2v) is 4.52. The van der Waals surface area contributed by atoms with Crippen LogP contribution >= 0.6 is 0 Å². The zero-order valence-electron chi connectivity index (χ0n) is 10.6. The van der Waals surface area contributed by atoms with Gasteiger partial charge in [-0.2, -0.15) is 0 Å². The fourth-order valence-electron chi connectivity index (χ4n) is 2.44. The molecule has 3 rings (SSSR count). The van der Waals surface area contributed by atoms with Crippen molar-refractivity contribution in [3.05, 3.63) is 66.4 Å². The van der Waals surface area contributed by atoms with Gasteiger partial charge in [0, 0.05) is 18.2 Å². The maximum absolute atomic E-state index is 9.24. The minimum Gasteiger partial charge on any atom is -0.396 e. The zero-order valence-corrected chi connectivity index (χ0v) is 10.6. The number of aliphatic hydroxyl groups is 1. The van der Waals surface area contributed by atoms with Gasteiger partial charge >= 0.3 is 0 Å². The fourth-order valence-corrected chi connectivity index (χ4v) is 2.44. The van der Waals surface area contributed by atoms with Gasteiger partial charge in [0.1, 0.15) is 0 Å². The van der Waals surface area contributed by atoms with E-state index < -0.39 is 0 Å². The first-order valence-electron chi connectivity index (χ1n) is 6.43. The molecule has 94 valence electrons. The number of aliphatic hydroxyl groups excluding tert-OH is 1. The zero-order chi connectivity index (χ0) is 13.1. The van der Waals surface area contributed by atoms with Crippen molar-refractivity contribution >= 4 is 10.9 Å². The lowest BCUT2D eigenvalue weighted by molar-refractivity contribution is 0.299. The number of benzene rings is 2. The molecule has 0 aliphatic rings. The average Bonchev–Trinajstić information content (AvgIpc) is 2.48. The minimum atomic E-state index is 0.139. The molecule has 1 heterocycles. The highest BCUT2D eigenvalue weighted by molar-refractivity contribution is 5.95. The molecule has 1 N–H and O–H groups in total. The van der Waals surface area contributed by atoms with Crippen molar-refractivity contribution in [2.24, 2.45) is 0 Å². The fraction of sp³-hybridized carbons (Fsp3) is 0.118. The summed E-state index contributed by atoms with van der Waals surface area (Å²) in [6.07, 6.45) is 2.50. The van der Waals surface area contributed by atoms with Crippen molar-refractivity contribution in [2.75, 3.05) is 6.61 Å². The molecule has 0 saturated carbocycles. The second kappa shape index (κ2) is 5.21. The number of fused-ring (bicyclic) bond motifs is 1. The van der Waals surface area contributed by atoms with Crippen LogP contribution in [0.15, 0.2) is 60.8 Å². The Morgan fingerprint density at radius 1 is 0.895 bits per heavy atom. The summed E-state index contributed by atoms with van der Waals surface area (Å²) < 4.78 is 0. The van der Waals surface area contributed by atoms with Crippen LogP contribution in [0.25, 0.3) is 22.0 Å². The van der Waals surface area contributed by atoms with Crippen LogP contribution in [0.1, 0.15) is 5.56 Å². The van der Waals surface area contributed by atoms with E-state index in [0.717, 1.165) is 16.5 Å². The average molecular weight is 249 g/mol. The van der Waals surface area contributed by atoms with Crippen molar-refractivity contribution < 1.29 is 5.11 Å². The van der Waals surface area contributed by atoms with Gasteiger partial charge in [0.15, 0.2) is 0 Å². The van der Waals surface area contributed by atoms with Gasteiger partial charge in [0.05, 0.1) is 5.52 Å². The summed E-state index contributed by atoms with van der Waals surface area (Å²) in [4.78, 5) is 4.47. The van der Waals surface area contributed by atoms with Crippen LogP contribution in [0.3, 0.4) is 0 Å². The number of nitrogens with zero attached hydrogens (tertiary/aromatic N) is 1. The topological polar surface area (TPSA) is 33.1 Å². The Labute approximate surface area is 112 Å². The first kappa shape index (κ1) is 11.9. The van der Waals surface area contributed by atoms with Gasteiger partial charge in [0.25, 0.3) is 0 Å². The number of para-hydroxylation sites is 1. The predicted molar refractivity (Wildman–Crippen MR) is 78.0 cm³/mol. The van der Waals surface area contributed by atoms with Crippen LogP contribution in [0, 0.1) is 0 Å². The maximum atomic E-state index is 9.24. The van der Waals surface area contributed by atoms with Crippen molar-refractivity contribution in [1.82, 2.24) is 4.98 Å². The van der Waals surface area contributed by atoms with E-state index in [1.165, 1.54) is 11.1 Å². The molecule has 2 aromatic carbocycles. The van der Waals surface area contributed by atoms with Gasteiger partial charge in [-0.25, -0.2) is 0 Å². The molecular weight excluding hydrogens is 234 g/mol. The summed E-state index contributed by atoms with van der Waals surface area (Å²) >= 11 is 0. The third-order valence-electron chi connectivity index (χ3n) is 3.30. The Morgan fingerprint density at radius 2 is 1.63 bits per heavy atom. The Hall–Kier alpha value is -2.19. The highest BCUT2D eigenvalue weighted by Crippen LogP contribution is 2.31. The van der Waals surface area contributed by atoms with Gasteiger partial charge in [-0.3, -0.25) is 4.98 Å². The predicted octanol–water partition coefficient (Wildman–Crippen LogP) is 3.44. The molecule has 0 aliphatic heterocycles. The first-order valence-corrected chi connectivity index (χ1v) is 6.43. The Bertz CT molecular complexity index is 692. The lowest BCUT2D eigenvalue weighted by Crippen LogP contribution is -1.97. The van der Waals surface area contributed by atoms with Crippen LogP contribution in [-0.2, 0) is 6.42 Å². The Balaban J connectivity index is 2.32. The SMILES string of the molecule is OCCc1cnc2ccccc2c1-c1ccccc1. The van der Waals surface area contributed by atoms with Crippen LogP contribution in [0.5, 0.6) is 0 Å². The Morgan fingerprint density at radius 3 is 2.42 bits per heavy atom. The van der Waals surface area contributed by atoms with E-state index in [0.29, 0.717) is 6.42 Å². The lowest BCUT2D eigenvalue weighted by atomic mass is 9.95. The maximum Gasteiger partial charge on any atom is 0.0708 e. The van der Waals surface area contributed by atoms with Gasteiger partial charge in [0.2, 0.25) is 0 Å². The molecule has 0 atom stereocenters. The summed E-state index contributed by atoms with van der Waals surface area (Å²) in [5.74, 6) is 0. The lowest BCUT2D eigenvalue weighted by Gasteiger charge is -2.12. The highest BCUT2D eigenvalue weighted by Gasteiger charge is 2.10. The van der Waals surface area contributed by atoms with E-state index in [1.54, 1.807) is 0 Å². The third kappa shape index (κ3) is 2.23. The van der Waals surface area contributed by atoms with E-state index in [1.807, 2.05) is 42.6 Å². The monoisotopic (exact) mass is 249 g/mol. The van der Waals surface area contributed by atoms with Crippen LogP contribution in [0.2, 0.25) is 0 Å². The number of hydrogen-bond acceptors (Lipinski definition) is 2.